The summed E-state index contributed by atoms with van der Waals surface area (Å²) in [5.74, 6) is -2.90. The number of aliphatic carboxylic acids is 1. The molecule has 4 aliphatic heterocycles. The first-order valence-corrected chi connectivity index (χ1v) is 20.5. The summed E-state index contributed by atoms with van der Waals surface area (Å²) >= 11 is 0. The van der Waals surface area contributed by atoms with Gasteiger partial charge in [-0.2, -0.15) is 8.42 Å². The van der Waals surface area contributed by atoms with Gasteiger partial charge in [0.1, 0.15) is 115 Å². The number of carbonyl (C=O) groups is 2. The van der Waals surface area contributed by atoms with Crippen molar-refractivity contribution in [3.05, 3.63) is 0 Å². The van der Waals surface area contributed by atoms with E-state index >= 15 is 0 Å². The minimum atomic E-state index is -5.45. The molecule has 4 aliphatic rings. The number of carboxylic acid groups (broad SMARTS) is 1. The van der Waals surface area contributed by atoms with E-state index in [1.54, 1.807) is 0 Å². The molecule has 4 rings (SSSR count). The van der Waals surface area contributed by atoms with E-state index in [0.29, 0.717) is 0 Å². The first-order valence-electron chi connectivity index (χ1n) is 19.0. The number of hydrogen-bond acceptors (Lipinski definition) is 27. The van der Waals surface area contributed by atoms with E-state index in [4.69, 9.17) is 37.9 Å². The lowest BCUT2D eigenvalue weighted by atomic mass is 9.94. The van der Waals surface area contributed by atoms with E-state index in [-0.39, 0.29) is 0 Å². The van der Waals surface area contributed by atoms with Gasteiger partial charge in [0.15, 0.2) is 31.3 Å². The Morgan fingerprint density at radius 2 is 1.06 bits per heavy atom. The van der Waals surface area contributed by atoms with Crippen LogP contribution in [-0.4, -0.2) is 286 Å². The first-order chi connectivity index (χ1) is 29.5. The monoisotopic (exact) mass is 949 g/mol. The Morgan fingerprint density at radius 3 is 1.54 bits per heavy atom. The number of rotatable bonds is 19. The molecule has 0 bridgehead atoms. The van der Waals surface area contributed by atoms with E-state index in [9.17, 15) is 104 Å². The van der Waals surface area contributed by atoms with Gasteiger partial charge >= 0.3 is 5.97 Å². The van der Waals surface area contributed by atoms with Crippen LogP contribution < -0.4 is 5.32 Å². The molecular weight excluding hydrogens is 894 g/mol. The largest absolute Gasteiger partial charge is 0.479 e. The highest BCUT2D eigenvalue weighted by atomic mass is 32.2. The van der Waals surface area contributed by atoms with Gasteiger partial charge in [0.2, 0.25) is 5.91 Å². The molecule has 24 atom stereocenters. The van der Waals surface area contributed by atoms with Crippen molar-refractivity contribution in [1.82, 2.24) is 5.32 Å². The van der Waals surface area contributed by atoms with Crippen molar-refractivity contribution >= 4 is 22.0 Å². The van der Waals surface area contributed by atoms with Gasteiger partial charge in [-0.15, -0.1) is 0 Å². The van der Waals surface area contributed by atoms with Crippen LogP contribution in [0.5, 0.6) is 0 Å². The highest BCUT2D eigenvalue weighted by Crippen LogP contribution is 2.36. The predicted octanol–water partition coefficient (Wildman–Crippen LogP) is -12.2. The summed E-state index contributed by atoms with van der Waals surface area (Å²) in [7, 11) is -5.45. The van der Waals surface area contributed by atoms with Gasteiger partial charge in [0.05, 0.1) is 33.0 Å². The van der Waals surface area contributed by atoms with Gasteiger partial charge in [-0.3, -0.25) is 9.35 Å². The third kappa shape index (κ3) is 11.9. The molecule has 30 nitrogen and oxygen atoms in total. The molecule has 63 heavy (non-hydrogen) atoms. The SMILES string of the molecule is CC(=O)N[C@H]1[C@H](O[C@H]2[C@@H](O)[C@@H](CO)O[C@@H](O[C@@H]([C@H](O)[C@@H](O)CO)[C@H](O)CO)[C@@H]2O)O[C@H](CO)[C@@H](O[C@@H]2O[C@H](CO)[C@H](O)[C@H](O[C@@H]3O[C@H](C(=O)O)[C@@H](O)[C@H](S(=O)(=O)O)[C@H]3O)[C@H]2O)[C@@H]1O. The van der Waals surface area contributed by atoms with Crippen LogP contribution in [0.2, 0.25) is 0 Å². The summed E-state index contributed by atoms with van der Waals surface area (Å²) in [6.45, 7) is -4.45. The average molecular weight is 950 g/mol. The molecule has 0 aliphatic carbocycles. The number of ether oxygens (including phenoxy) is 8. The maximum Gasteiger partial charge on any atom is 0.335 e. The van der Waals surface area contributed by atoms with Crippen molar-refractivity contribution in [3.8, 4) is 0 Å². The van der Waals surface area contributed by atoms with Crippen LogP contribution in [-0.2, 0) is 57.6 Å². The van der Waals surface area contributed by atoms with Crippen molar-refractivity contribution in [2.75, 3.05) is 33.0 Å². The number of carbonyl (C=O) groups excluding carboxylic acids is 1. The number of hydrogen-bond donors (Lipinski definition) is 18. The summed E-state index contributed by atoms with van der Waals surface area (Å²) < 4.78 is 77.6. The molecule has 4 saturated heterocycles. The summed E-state index contributed by atoms with van der Waals surface area (Å²) in [4.78, 5) is 24.2. The molecule has 368 valence electrons. The highest BCUT2D eigenvalue weighted by molar-refractivity contribution is 7.86. The van der Waals surface area contributed by atoms with Gasteiger partial charge in [-0.1, -0.05) is 0 Å². The summed E-state index contributed by atoms with van der Waals surface area (Å²) in [6.07, 6.45) is -46.8. The van der Waals surface area contributed by atoms with Crippen LogP contribution in [0.25, 0.3) is 0 Å². The molecule has 4 fully saturated rings. The Bertz CT molecular complexity index is 1580. The van der Waals surface area contributed by atoms with Crippen molar-refractivity contribution in [2.24, 2.45) is 0 Å². The van der Waals surface area contributed by atoms with Gasteiger partial charge in [-0.25, -0.2) is 4.79 Å². The van der Waals surface area contributed by atoms with E-state index in [1.165, 1.54) is 0 Å². The van der Waals surface area contributed by atoms with E-state index in [2.05, 4.69) is 5.32 Å². The second-order valence-electron chi connectivity index (χ2n) is 15.0. The zero-order valence-corrected chi connectivity index (χ0v) is 33.6. The topological polar surface area (TPSA) is 498 Å². The summed E-state index contributed by atoms with van der Waals surface area (Å²) in [5, 5.41) is 166. The molecule has 18 N–H and O–H groups in total. The Labute approximate surface area is 355 Å². The molecule has 0 radical (unpaired) electrons. The number of aliphatic hydroxyl groups excluding tert-OH is 15. The molecule has 0 spiro atoms. The average Bonchev–Trinajstić information content (AvgIpc) is 3.22. The van der Waals surface area contributed by atoms with Crippen LogP contribution in [0.1, 0.15) is 6.92 Å². The third-order valence-electron chi connectivity index (χ3n) is 10.6. The maximum atomic E-state index is 12.4. The number of amides is 1. The fraction of sp³-hybridized carbons (Fsp3) is 0.938. The van der Waals surface area contributed by atoms with Crippen molar-refractivity contribution in [2.45, 2.75) is 153 Å². The fourth-order valence-electron chi connectivity index (χ4n) is 7.35. The molecule has 0 aromatic carbocycles. The lowest BCUT2D eigenvalue weighted by Gasteiger charge is -2.50. The highest BCUT2D eigenvalue weighted by Gasteiger charge is 2.58. The van der Waals surface area contributed by atoms with Gasteiger partial charge in [0, 0.05) is 6.92 Å². The van der Waals surface area contributed by atoms with E-state index in [1.807, 2.05) is 0 Å². The Kier molecular flexibility index (Phi) is 19.2. The lowest BCUT2D eigenvalue weighted by Crippen LogP contribution is -2.70. The van der Waals surface area contributed by atoms with Gasteiger partial charge < -0.3 is 125 Å². The fourth-order valence-corrected chi connectivity index (χ4v) is 8.32. The van der Waals surface area contributed by atoms with Crippen LogP contribution in [0.15, 0.2) is 0 Å². The zero-order chi connectivity index (χ0) is 47.4. The second-order valence-corrected chi connectivity index (χ2v) is 16.5. The number of aliphatic hydroxyl groups is 15. The minimum Gasteiger partial charge on any atom is -0.479 e. The molecule has 31 heteroatoms. The number of nitrogens with one attached hydrogen (secondary N) is 1. The first kappa shape index (κ1) is 53.5. The van der Waals surface area contributed by atoms with Gasteiger partial charge in [0.25, 0.3) is 10.1 Å². The van der Waals surface area contributed by atoms with Crippen molar-refractivity contribution in [3.63, 3.8) is 0 Å². The molecule has 0 unspecified atom stereocenters. The number of carboxylic acids is 1. The Morgan fingerprint density at radius 1 is 0.603 bits per heavy atom. The lowest BCUT2D eigenvalue weighted by molar-refractivity contribution is -0.380. The predicted molar refractivity (Wildman–Crippen MR) is 190 cm³/mol. The molecular formula is C32H55NO29S. The molecule has 0 aromatic heterocycles. The summed E-state index contributed by atoms with van der Waals surface area (Å²) in [5.41, 5.74) is 0. The normalized spacial score (nSPS) is 43.4. The zero-order valence-electron chi connectivity index (χ0n) is 32.8. The second kappa shape index (κ2) is 22.6. The molecule has 1 amide bonds. The standard InChI is InChI=1S/C32H55NO29S/c1-7(39)33-13-17(45)23(59-31-20(48)25(16(44)11(5-37)56-31)61-32-21(49)27(63(52,53)54)18(46)26(62-32)28(50)51)12(6-38)57-29(13)60-24-15(43)10(4-36)55-30(19(24)47)58-22(9(41)3-35)14(42)8(40)2-34/h8-27,29-32,34-38,40-49H,2-6H2,1H3,(H,33,39)(H,50,51)(H,52,53,54)/t8-,9+,10+,11+,12+,13+,14+,15-,16-,17+,18+,19+,20+,21+,22+,23+,24-,25-,26-,27-,29-,30-,31-,32+/m0/s1. The smallest absolute Gasteiger partial charge is 0.335 e. The molecule has 0 saturated carbocycles. The Hall–Kier alpha value is -2.07. The maximum absolute atomic E-state index is 12.4. The molecule has 4 heterocycles. The minimum absolute atomic E-state index is 0.901. The van der Waals surface area contributed by atoms with Crippen LogP contribution in [0, 0.1) is 0 Å². The quantitative estimate of drug-likeness (QED) is 0.0535. The van der Waals surface area contributed by atoms with Crippen molar-refractivity contribution in [1.29, 1.82) is 0 Å². The molecule has 0 aromatic rings. The van der Waals surface area contributed by atoms with Crippen LogP contribution in [0.3, 0.4) is 0 Å². The Balaban J connectivity index is 1.61. The van der Waals surface area contributed by atoms with Gasteiger partial charge in [-0.05, 0) is 0 Å². The van der Waals surface area contributed by atoms with Crippen molar-refractivity contribution < 1.29 is 142 Å². The third-order valence-corrected chi connectivity index (χ3v) is 11.9. The van der Waals surface area contributed by atoms with E-state index in [0.717, 1.165) is 6.92 Å². The van der Waals surface area contributed by atoms with E-state index < -0.39 is 201 Å². The van der Waals surface area contributed by atoms with Crippen LogP contribution >= 0.6 is 0 Å². The summed E-state index contributed by atoms with van der Waals surface area (Å²) in [6, 6.07) is -1.84. The van der Waals surface area contributed by atoms with Crippen LogP contribution in [0.4, 0.5) is 0 Å².